The van der Waals surface area contributed by atoms with Crippen molar-refractivity contribution in [3.8, 4) is 11.3 Å². The highest BCUT2D eigenvalue weighted by Gasteiger charge is 2.18. The molecule has 3 aromatic rings. The van der Waals surface area contributed by atoms with Crippen LogP contribution in [0.25, 0.3) is 21.5 Å². The van der Waals surface area contributed by atoms with Crippen LogP contribution in [0, 0.1) is 6.92 Å². The average Bonchev–Trinajstić information content (AvgIpc) is 2.91. The Bertz CT molecular complexity index is 908. The largest absolute Gasteiger partial charge is 0.462 e. The number of aryl methyl sites for hydroxylation is 1. The smallest absolute Gasteiger partial charge is 0.348 e. The monoisotopic (exact) mass is 347 g/mol. The highest BCUT2D eigenvalue weighted by atomic mass is 35.5. The first-order chi connectivity index (χ1) is 11.0. The van der Waals surface area contributed by atoms with Crippen LogP contribution >= 0.6 is 22.9 Å². The number of carbonyl (C=O) groups excluding carboxylic acids is 1. The van der Waals surface area contributed by atoms with Crippen LogP contribution in [0.3, 0.4) is 0 Å². The van der Waals surface area contributed by atoms with Gasteiger partial charge in [0, 0.05) is 10.9 Å². The van der Waals surface area contributed by atoms with Crippen LogP contribution in [0.1, 0.15) is 22.2 Å². The lowest BCUT2D eigenvalue weighted by molar-refractivity contribution is 0.0532. The van der Waals surface area contributed by atoms with Gasteiger partial charge in [-0.25, -0.2) is 14.8 Å². The first kappa shape index (κ1) is 15.7. The predicted octanol–water partition coefficient (Wildman–Crippen LogP) is 4.08. The zero-order chi connectivity index (χ0) is 16.6. The Morgan fingerprint density at radius 1 is 1.35 bits per heavy atom. The van der Waals surface area contributed by atoms with Crippen LogP contribution in [-0.4, -0.2) is 22.5 Å². The van der Waals surface area contributed by atoms with Gasteiger partial charge >= 0.3 is 5.97 Å². The molecule has 0 atom stereocenters. The zero-order valence-corrected chi connectivity index (χ0v) is 14.2. The summed E-state index contributed by atoms with van der Waals surface area (Å²) in [6.45, 7) is 4.04. The Morgan fingerprint density at radius 2 is 2.13 bits per heavy atom. The molecule has 0 aliphatic carbocycles. The number of anilines is 1. The van der Waals surface area contributed by atoms with E-state index in [1.807, 2.05) is 25.1 Å². The fourth-order valence-electron chi connectivity index (χ4n) is 2.26. The molecule has 2 N–H and O–H groups in total. The number of hydrogen-bond donors (Lipinski definition) is 1. The molecule has 0 radical (unpaired) electrons. The second kappa shape index (κ2) is 6.14. The van der Waals surface area contributed by atoms with Crippen molar-refractivity contribution in [1.29, 1.82) is 0 Å². The molecule has 118 valence electrons. The lowest BCUT2D eigenvalue weighted by Crippen LogP contribution is -2.01. The molecule has 7 heteroatoms. The van der Waals surface area contributed by atoms with E-state index in [1.54, 1.807) is 13.0 Å². The van der Waals surface area contributed by atoms with Crippen LogP contribution < -0.4 is 5.73 Å². The Kier molecular flexibility index (Phi) is 4.19. The van der Waals surface area contributed by atoms with E-state index in [2.05, 4.69) is 9.97 Å². The van der Waals surface area contributed by atoms with Gasteiger partial charge in [0.05, 0.1) is 17.3 Å². The highest BCUT2D eigenvalue weighted by molar-refractivity contribution is 7.20. The van der Waals surface area contributed by atoms with Gasteiger partial charge in [-0.1, -0.05) is 23.7 Å². The van der Waals surface area contributed by atoms with E-state index in [4.69, 9.17) is 22.1 Å². The van der Waals surface area contributed by atoms with E-state index in [-0.39, 0.29) is 11.9 Å². The third-order valence-electron chi connectivity index (χ3n) is 3.27. The van der Waals surface area contributed by atoms with Crippen molar-refractivity contribution in [2.24, 2.45) is 0 Å². The molecule has 0 spiro atoms. The second-order valence-electron chi connectivity index (χ2n) is 4.96. The molecule has 2 heterocycles. The van der Waals surface area contributed by atoms with Crippen molar-refractivity contribution < 1.29 is 9.53 Å². The summed E-state index contributed by atoms with van der Waals surface area (Å²) in [4.78, 5) is 21.6. The molecule has 0 aliphatic heterocycles. The number of hydrogen-bond acceptors (Lipinski definition) is 6. The lowest BCUT2D eigenvalue weighted by atomic mass is 10.1. The number of aromatic nitrogens is 2. The number of esters is 1. The van der Waals surface area contributed by atoms with Gasteiger partial charge < -0.3 is 10.5 Å². The van der Waals surface area contributed by atoms with Crippen LogP contribution in [-0.2, 0) is 4.74 Å². The van der Waals surface area contributed by atoms with E-state index in [0.29, 0.717) is 27.0 Å². The van der Waals surface area contributed by atoms with Gasteiger partial charge in [0.15, 0.2) is 0 Å². The van der Waals surface area contributed by atoms with Crippen molar-refractivity contribution in [2.45, 2.75) is 13.8 Å². The van der Waals surface area contributed by atoms with Crippen molar-refractivity contribution in [2.75, 3.05) is 12.3 Å². The summed E-state index contributed by atoms with van der Waals surface area (Å²) in [6, 6.07) is 7.42. The third-order valence-corrected chi connectivity index (χ3v) is 4.59. The average molecular weight is 348 g/mol. The molecule has 0 saturated carbocycles. The summed E-state index contributed by atoms with van der Waals surface area (Å²) in [5.74, 6) is -0.239. The first-order valence-corrected chi connectivity index (χ1v) is 8.19. The Morgan fingerprint density at radius 3 is 2.83 bits per heavy atom. The third kappa shape index (κ3) is 3.00. The first-order valence-electron chi connectivity index (χ1n) is 7.00. The van der Waals surface area contributed by atoms with Gasteiger partial charge in [0.25, 0.3) is 0 Å². The van der Waals surface area contributed by atoms with Crippen LogP contribution in [0.4, 0.5) is 5.95 Å². The molecule has 0 saturated heterocycles. The molecule has 3 rings (SSSR count). The molecule has 0 unspecified atom stereocenters. The number of rotatable bonds is 3. The number of ether oxygens (including phenoxy) is 1. The van der Waals surface area contributed by atoms with Crippen LogP contribution in [0.15, 0.2) is 24.3 Å². The molecular formula is C16H14ClN3O2S. The molecule has 5 nitrogen and oxygen atoms in total. The van der Waals surface area contributed by atoms with Gasteiger partial charge in [-0.3, -0.25) is 0 Å². The molecule has 0 bridgehead atoms. The zero-order valence-electron chi connectivity index (χ0n) is 12.6. The van der Waals surface area contributed by atoms with E-state index >= 15 is 0 Å². The summed E-state index contributed by atoms with van der Waals surface area (Å²) < 4.78 is 5.04. The van der Waals surface area contributed by atoms with E-state index in [1.165, 1.54) is 11.3 Å². The fourth-order valence-corrected chi connectivity index (χ4v) is 3.51. The van der Waals surface area contributed by atoms with Gasteiger partial charge in [-0.15, -0.1) is 11.3 Å². The Balaban J connectivity index is 2.22. The summed E-state index contributed by atoms with van der Waals surface area (Å²) in [5, 5.41) is 1.31. The van der Waals surface area contributed by atoms with Gasteiger partial charge in [0.2, 0.25) is 5.95 Å². The van der Waals surface area contributed by atoms with Crippen molar-refractivity contribution in [3.05, 3.63) is 39.7 Å². The summed E-state index contributed by atoms with van der Waals surface area (Å²) in [5.41, 5.74) is 8.23. The molecular weight excluding hydrogens is 334 g/mol. The molecule has 23 heavy (non-hydrogen) atoms. The maximum atomic E-state index is 11.9. The van der Waals surface area contributed by atoms with Crippen molar-refractivity contribution in [1.82, 2.24) is 9.97 Å². The minimum absolute atomic E-state index is 0.140. The maximum Gasteiger partial charge on any atom is 0.348 e. The molecule has 1 aromatic carbocycles. The Labute approximate surface area is 142 Å². The Hall–Kier alpha value is -2.18. The maximum absolute atomic E-state index is 11.9. The summed E-state index contributed by atoms with van der Waals surface area (Å²) in [6.07, 6.45) is 0. The van der Waals surface area contributed by atoms with Gasteiger partial charge in [-0.2, -0.15) is 0 Å². The number of nitrogens with zero attached hydrogens (tertiary/aromatic N) is 2. The number of halogens is 1. The fraction of sp³-hybridized carbons (Fsp3) is 0.188. The van der Waals surface area contributed by atoms with E-state index in [0.717, 1.165) is 16.5 Å². The number of benzene rings is 1. The standard InChI is InChI=1S/C16H14ClN3O2S/c1-3-22-15(21)12-7-10-13(19-16(18)20-14(10)23-12)9-5-4-8(2)6-11(9)17/h4-7H,3H2,1-2H3,(H2,18,19,20). The van der Waals surface area contributed by atoms with E-state index < -0.39 is 0 Å². The highest BCUT2D eigenvalue weighted by Crippen LogP contribution is 2.36. The lowest BCUT2D eigenvalue weighted by Gasteiger charge is -2.06. The number of fused-ring (bicyclic) bond motifs is 1. The van der Waals surface area contributed by atoms with Crippen LogP contribution in [0.5, 0.6) is 0 Å². The van der Waals surface area contributed by atoms with Crippen LogP contribution in [0.2, 0.25) is 5.02 Å². The minimum atomic E-state index is -0.380. The number of thiophene rings is 1. The van der Waals surface area contributed by atoms with Gasteiger partial charge in [-0.05, 0) is 31.5 Å². The quantitative estimate of drug-likeness (QED) is 0.722. The molecule has 0 aliphatic rings. The summed E-state index contributed by atoms with van der Waals surface area (Å²) >= 11 is 7.57. The predicted molar refractivity (Wildman–Crippen MR) is 93.0 cm³/mol. The number of nitrogen functional groups attached to an aromatic ring is 1. The van der Waals surface area contributed by atoms with Crippen molar-refractivity contribution in [3.63, 3.8) is 0 Å². The molecule has 0 fully saturated rings. The normalized spacial score (nSPS) is 10.9. The molecule has 0 amide bonds. The number of carbonyl (C=O) groups is 1. The van der Waals surface area contributed by atoms with Gasteiger partial charge in [0.1, 0.15) is 9.71 Å². The minimum Gasteiger partial charge on any atom is -0.462 e. The SMILES string of the molecule is CCOC(=O)c1cc2c(-c3ccc(C)cc3Cl)nc(N)nc2s1. The number of nitrogens with two attached hydrogens (primary N) is 1. The topological polar surface area (TPSA) is 78.1 Å². The summed E-state index contributed by atoms with van der Waals surface area (Å²) in [7, 11) is 0. The second-order valence-corrected chi connectivity index (χ2v) is 6.40. The molecule has 2 aromatic heterocycles. The van der Waals surface area contributed by atoms with Crippen molar-refractivity contribution >= 4 is 45.1 Å². The van der Waals surface area contributed by atoms with E-state index in [9.17, 15) is 4.79 Å².